The van der Waals surface area contributed by atoms with Crippen LogP contribution in [0.25, 0.3) is 0 Å². The number of anilines is 1. The van der Waals surface area contributed by atoms with E-state index in [1.165, 1.54) is 31.6 Å². The minimum Gasteiger partial charge on any atom is -0.467 e. The number of amides is 1. The third-order valence-corrected chi connectivity index (χ3v) is 4.77. The van der Waals surface area contributed by atoms with Gasteiger partial charge in [0.15, 0.2) is 6.61 Å². The van der Waals surface area contributed by atoms with Gasteiger partial charge in [0.05, 0.1) is 22.9 Å². The molecule has 7 nitrogen and oxygen atoms in total. The van der Waals surface area contributed by atoms with Gasteiger partial charge in [0.1, 0.15) is 5.82 Å². The second-order valence-corrected chi connectivity index (χ2v) is 7.08. The molecule has 10 heteroatoms. The van der Waals surface area contributed by atoms with Crippen LogP contribution in [0.4, 0.5) is 19.0 Å². The molecule has 0 aliphatic carbocycles. The molecule has 0 aliphatic rings. The molecular formula is C23H22F3N5O2. The Kier molecular flexibility index (Phi) is 7.27. The lowest BCUT2D eigenvalue weighted by atomic mass is 9.99. The van der Waals surface area contributed by atoms with E-state index < -0.39 is 41.4 Å². The average molecular weight is 457 g/mol. The van der Waals surface area contributed by atoms with Gasteiger partial charge in [0.25, 0.3) is 5.91 Å². The van der Waals surface area contributed by atoms with Crippen molar-refractivity contribution in [1.29, 1.82) is 5.41 Å². The zero-order valence-electron chi connectivity index (χ0n) is 17.9. The Hall–Kier alpha value is -3.95. The number of hydrogen-bond donors (Lipinski definition) is 3. The molecule has 0 radical (unpaired) electrons. The fourth-order valence-corrected chi connectivity index (χ4v) is 3.16. The first kappa shape index (κ1) is 23.7. The molecule has 2 aromatic heterocycles. The Morgan fingerprint density at radius 3 is 2.52 bits per heavy atom. The topological polar surface area (TPSA) is 100.0 Å². The summed E-state index contributed by atoms with van der Waals surface area (Å²) in [6.07, 6.45) is -2.04. The largest absolute Gasteiger partial charge is 0.467 e. The van der Waals surface area contributed by atoms with Gasteiger partial charge in [-0.2, -0.15) is 18.2 Å². The van der Waals surface area contributed by atoms with Crippen molar-refractivity contribution in [3.05, 3.63) is 83.2 Å². The molecule has 2 heterocycles. The van der Waals surface area contributed by atoms with Crippen LogP contribution in [0.15, 0.2) is 60.9 Å². The smallest absolute Gasteiger partial charge is 0.417 e. The maximum Gasteiger partial charge on any atom is 0.417 e. The molecule has 0 saturated heterocycles. The zero-order chi connectivity index (χ0) is 24.0. The summed E-state index contributed by atoms with van der Waals surface area (Å²) in [4.78, 5) is 20.2. The minimum atomic E-state index is -4.79. The van der Waals surface area contributed by atoms with Gasteiger partial charge in [-0.05, 0) is 24.6 Å². The lowest BCUT2D eigenvalue weighted by Gasteiger charge is -2.19. The van der Waals surface area contributed by atoms with Gasteiger partial charge in [-0.1, -0.05) is 30.3 Å². The number of benzene rings is 1. The zero-order valence-corrected chi connectivity index (χ0v) is 17.9. The summed E-state index contributed by atoms with van der Waals surface area (Å²) in [7, 11) is 1.39. The van der Waals surface area contributed by atoms with Crippen LogP contribution >= 0.6 is 0 Å². The number of nitrogens with one attached hydrogen (secondary N) is 3. The highest BCUT2D eigenvalue weighted by Crippen LogP contribution is 2.37. The second kappa shape index (κ2) is 10.1. The van der Waals surface area contributed by atoms with Crippen LogP contribution in [0.5, 0.6) is 5.88 Å². The summed E-state index contributed by atoms with van der Waals surface area (Å²) in [5, 5.41) is 13.6. The van der Waals surface area contributed by atoms with Gasteiger partial charge in [-0.15, -0.1) is 0 Å². The molecule has 1 amide bonds. The van der Waals surface area contributed by atoms with Crippen LogP contribution in [0.1, 0.15) is 35.2 Å². The van der Waals surface area contributed by atoms with Crippen molar-refractivity contribution in [2.75, 3.05) is 19.0 Å². The first-order valence-electron chi connectivity index (χ1n) is 9.97. The Bertz CT molecular complexity index is 1120. The molecule has 0 fully saturated rings. The monoisotopic (exact) mass is 457 g/mol. The number of pyridine rings is 2. The predicted octanol–water partition coefficient (Wildman–Crippen LogP) is 4.21. The number of halogens is 3. The molecule has 1 unspecified atom stereocenters. The van der Waals surface area contributed by atoms with E-state index in [4.69, 9.17) is 10.1 Å². The van der Waals surface area contributed by atoms with Crippen molar-refractivity contribution in [3.8, 4) is 5.88 Å². The first-order valence-corrected chi connectivity index (χ1v) is 9.97. The normalized spacial score (nSPS) is 12.0. The quantitative estimate of drug-likeness (QED) is 0.440. The van der Waals surface area contributed by atoms with Crippen molar-refractivity contribution in [1.82, 2.24) is 15.3 Å². The highest BCUT2D eigenvalue weighted by molar-refractivity contribution is 6.14. The number of carbonyl (C=O) groups is 1. The molecule has 0 spiro atoms. The van der Waals surface area contributed by atoms with E-state index >= 15 is 0 Å². The van der Waals surface area contributed by atoms with Gasteiger partial charge in [0.2, 0.25) is 5.88 Å². The number of aromatic nitrogens is 2. The molecule has 1 aromatic carbocycles. The van der Waals surface area contributed by atoms with E-state index in [1.807, 2.05) is 30.3 Å². The Labute approximate surface area is 188 Å². The van der Waals surface area contributed by atoms with Crippen LogP contribution in [0, 0.1) is 5.41 Å². The molecule has 1 atom stereocenters. The fraction of sp³-hybridized carbons (Fsp3) is 0.217. The second-order valence-electron chi connectivity index (χ2n) is 7.08. The summed E-state index contributed by atoms with van der Waals surface area (Å²) < 4.78 is 46.9. The van der Waals surface area contributed by atoms with Crippen LogP contribution in [0.2, 0.25) is 0 Å². The van der Waals surface area contributed by atoms with Crippen LogP contribution in [-0.4, -0.2) is 35.2 Å². The summed E-state index contributed by atoms with van der Waals surface area (Å²) in [5.74, 6) is -1.11. The van der Waals surface area contributed by atoms with Gasteiger partial charge in [0, 0.05) is 31.1 Å². The van der Waals surface area contributed by atoms with E-state index in [0.717, 1.165) is 5.56 Å². The van der Waals surface area contributed by atoms with E-state index in [9.17, 15) is 18.0 Å². The molecule has 0 saturated carbocycles. The van der Waals surface area contributed by atoms with E-state index in [2.05, 4.69) is 20.6 Å². The highest BCUT2D eigenvalue weighted by Gasteiger charge is 2.37. The van der Waals surface area contributed by atoms with Crippen molar-refractivity contribution in [2.45, 2.75) is 19.1 Å². The highest BCUT2D eigenvalue weighted by atomic mass is 19.4. The molecule has 3 rings (SSSR count). The Balaban J connectivity index is 1.83. The number of ether oxygens (including phenoxy) is 1. The first-order chi connectivity index (χ1) is 15.7. The summed E-state index contributed by atoms with van der Waals surface area (Å²) in [5.41, 5.74) is -0.868. The maximum atomic E-state index is 13.9. The fourth-order valence-electron chi connectivity index (χ4n) is 3.16. The van der Waals surface area contributed by atoms with Crippen LogP contribution < -0.4 is 15.4 Å². The number of rotatable bonds is 8. The van der Waals surface area contributed by atoms with Crippen LogP contribution in [-0.2, 0) is 11.0 Å². The molecule has 33 heavy (non-hydrogen) atoms. The number of carbonyl (C=O) groups excluding carboxylic acids is 1. The SMILES string of the molecule is CNc1nc(OCC(=O)NC(C)c2ccccc2)cc(C(F)(F)F)c1C(=N)c1cccnc1. The maximum absolute atomic E-state index is 13.9. The van der Waals surface area contributed by atoms with Gasteiger partial charge < -0.3 is 15.4 Å². The van der Waals surface area contributed by atoms with Crippen molar-refractivity contribution >= 4 is 17.4 Å². The molecule has 0 aliphatic heterocycles. The van der Waals surface area contributed by atoms with Crippen molar-refractivity contribution in [2.24, 2.45) is 0 Å². The van der Waals surface area contributed by atoms with E-state index in [0.29, 0.717) is 6.07 Å². The lowest BCUT2D eigenvalue weighted by molar-refractivity contribution is -0.137. The summed E-state index contributed by atoms with van der Waals surface area (Å²) in [6, 6.07) is 12.6. The molecule has 3 N–H and O–H groups in total. The van der Waals surface area contributed by atoms with E-state index in [1.54, 1.807) is 6.92 Å². The van der Waals surface area contributed by atoms with Gasteiger partial charge >= 0.3 is 6.18 Å². The Morgan fingerprint density at radius 2 is 1.91 bits per heavy atom. The molecule has 0 bridgehead atoms. The van der Waals surface area contributed by atoms with E-state index in [-0.39, 0.29) is 17.4 Å². The summed E-state index contributed by atoms with van der Waals surface area (Å²) >= 11 is 0. The number of nitrogens with zero attached hydrogens (tertiary/aromatic N) is 2. The Morgan fingerprint density at radius 1 is 1.18 bits per heavy atom. The predicted molar refractivity (Wildman–Crippen MR) is 117 cm³/mol. The minimum absolute atomic E-state index is 0.198. The van der Waals surface area contributed by atoms with Crippen LogP contribution in [0.3, 0.4) is 0 Å². The van der Waals surface area contributed by atoms with Gasteiger partial charge in [-0.3, -0.25) is 15.2 Å². The van der Waals surface area contributed by atoms with Crippen molar-refractivity contribution in [3.63, 3.8) is 0 Å². The third-order valence-electron chi connectivity index (χ3n) is 4.77. The molecular weight excluding hydrogens is 435 g/mol. The number of alkyl halides is 3. The number of hydrogen-bond acceptors (Lipinski definition) is 6. The molecule has 172 valence electrons. The average Bonchev–Trinajstić information content (AvgIpc) is 2.82. The van der Waals surface area contributed by atoms with Gasteiger partial charge in [-0.25, -0.2) is 0 Å². The van der Waals surface area contributed by atoms with Crippen molar-refractivity contribution < 1.29 is 22.7 Å². The standard InChI is InChI=1S/C23H22F3N5O2/c1-14(15-7-4-3-5-8-15)30-18(32)13-33-19-11-17(23(24,25)26)20(22(28-2)31-19)21(27)16-9-6-10-29-12-16/h3-12,14,27H,13H2,1-2H3,(H,28,31)(H,30,32). The lowest BCUT2D eigenvalue weighted by Crippen LogP contribution is -2.31. The molecule has 3 aromatic rings. The third kappa shape index (κ3) is 5.85. The summed E-state index contributed by atoms with van der Waals surface area (Å²) in [6.45, 7) is 1.26.